The SMILES string of the molecule is O=C(c1ccc(F)c([N+](=O)[O-])c1)N1CCCCC1CO. The van der Waals surface area contributed by atoms with E-state index in [1.807, 2.05) is 0 Å². The van der Waals surface area contributed by atoms with Crippen LogP contribution in [0.25, 0.3) is 0 Å². The molecule has 1 amide bonds. The number of benzene rings is 1. The normalized spacial score (nSPS) is 18.9. The Kier molecular flexibility index (Phi) is 4.29. The van der Waals surface area contributed by atoms with Crippen molar-refractivity contribution in [1.82, 2.24) is 4.90 Å². The Morgan fingerprint density at radius 2 is 2.25 bits per heavy atom. The summed E-state index contributed by atoms with van der Waals surface area (Å²) >= 11 is 0. The van der Waals surface area contributed by atoms with Gasteiger partial charge in [-0.2, -0.15) is 4.39 Å². The Morgan fingerprint density at radius 3 is 2.90 bits per heavy atom. The third-order valence-electron chi connectivity index (χ3n) is 3.49. The van der Waals surface area contributed by atoms with Crippen molar-refractivity contribution in [3.63, 3.8) is 0 Å². The van der Waals surface area contributed by atoms with E-state index in [2.05, 4.69) is 0 Å². The molecule has 2 rings (SSSR count). The molecule has 0 bridgehead atoms. The van der Waals surface area contributed by atoms with Crippen molar-refractivity contribution in [2.24, 2.45) is 0 Å². The number of nitro groups is 1. The average molecular weight is 282 g/mol. The molecule has 0 saturated carbocycles. The Labute approximate surface area is 115 Å². The van der Waals surface area contributed by atoms with Crippen LogP contribution in [0.5, 0.6) is 0 Å². The highest BCUT2D eigenvalue weighted by molar-refractivity contribution is 5.95. The Morgan fingerprint density at radius 1 is 1.50 bits per heavy atom. The highest BCUT2D eigenvalue weighted by Gasteiger charge is 2.28. The van der Waals surface area contributed by atoms with Crippen molar-refractivity contribution < 1.29 is 19.2 Å². The first-order valence-electron chi connectivity index (χ1n) is 6.40. The zero-order valence-electron chi connectivity index (χ0n) is 10.8. The van der Waals surface area contributed by atoms with Crippen LogP contribution in [-0.4, -0.2) is 40.0 Å². The quantitative estimate of drug-likeness (QED) is 0.676. The van der Waals surface area contributed by atoms with Crippen LogP contribution in [0, 0.1) is 15.9 Å². The maximum atomic E-state index is 13.3. The van der Waals surface area contributed by atoms with E-state index in [9.17, 15) is 24.4 Å². The number of nitro benzene ring substituents is 1. The summed E-state index contributed by atoms with van der Waals surface area (Å²) in [5, 5.41) is 20.0. The third-order valence-corrected chi connectivity index (χ3v) is 3.49. The molecule has 1 saturated heterocycles. The molecule has 0 aliphatic carbocycles. The highest BCUT2D eigenvalue weighted by Crippen LogP contribution is 2.23. The number of likely N-dealkylation sites (tertiary alicyclic amines) is 1. The summed E-state index contributed by atoms with van der Waals surface area (Å²) in [6.07, 6.45) is 2.45. The fraction of sp³-hybridized carbons (Fsp3) is 0.462. The van der Waals surface area contributed by atoms with Crippen LogP contribution in [0.3, 0.4) is 0 Å². The van der Waals surface area contributed by atoms with E-state index < -0.39 is 22.3 Å². The number of hydrogen-bond donors (Lipinski definition) is 1. The number of halogens is 1. The third kappa shape index (κ3) is 2.77. The summed E-state index contributed by atoms with van der Waals surface area (Å²) in [4.78, 5) is 23.7. The summed E-state index contributed by atoms with van der Waals surface area (Å²) in [5.41, 5.74) is -0.646. The van der Waals surface area contributed by atoms with E-state index in [1.165, 1.54) is 11.0 Å². The van der Waals surface area contributed by atoms with Gasteiger partial charge in [0.2, 0.25) is 5.82 Å². The molecule has 6 nitrogen and oxygen atoms in total. The minimum Gasteiger partial charge on any atom is -0.394 e. The predicted octanol–water partition coefficient (Wildman–Crippen LogP) is 1.72. The standard InChI is InChI=1S/C13H15FN2O4/c14-11-5-4-9(7-12(11)16(19)20)13(18)15-6-2-1-3-10(15)8-17/h4-5,7,10,17H,1-3,6,8H2. The fourth-order valence-electron chi connectivity index (χ4n) is 2.41. The van der Waals surface area contributed by atoms with Gasteiger partial charge in [0.25, 0.3) is 5.91 Å². The van der Waals surface area contributed by atoms with E-state index in [1.54, 1.807) is 0 Å². The lowest BCUT2D eigenvalue weighted by Gasteiger charge is -2.34. The largest absolute Gasteiger partial charge is 0.394 e. The first kappa shape index (κ1) is 14.4. The van der Waals surface area contributed by atoms with Crippen molar-refractivity contribution in [1.29, 1.82) is 0 Å². The molecule has 0 radical (unpaired) electrons. The van der Waals surface area contributed by atoms with Gasteiger partial charge in [-0.3, -0.25) is 14.9 Å². The first-order chi connectivity index (χ1) is 9.54. The summed E-state index contributed by atoms with van der Waals surface area (Å²) in [6.45, 7) is 0.351. The van der Waals surface area contributed by atoms with Crippen molar-refractivity contribution in [3.8, 4) is 0 Å². The van der Waals surface area contributed by atoms with Crippen LogP contribution in [0.1, 0.15) is 29.6 Å². The molecule has 1 aliphatic heterocycles. The van der Waals surface area contributed by atoms with Gasteiger partial charge in [0.15, 0.2) is 0 Å². The summed E-state index contributed by atoms with van der Waals surface area (Å²) < 4.78 is 13.3. The van der Waals surface area contributed by atoms with Gasteiger partial charge in [-0.1, -0.05) is 0 Å². The van der Waals surface area contributed by atoms with Gasteiger partial charge in [-0.25, -0.2) is 0 Å². The molecule has 1 fully saturated rings. The molecule has 1 aliphatic rings. The van der Waals surface area contributed by atoms with Gasteiger partial charge in [0.05, 0.1) is 17.6 Å². The van der Waals surface area contributed by atoms with Crippen molar-refractivity contribution in [2.75, 3.05) is 13.2 Å². The minimum atomic E-state index is -0.969. The summed E-state index contributed by atoms with van der Waals surface area (Å²) in [6, 6.07) is 2.82. The lowest BCUT2D eigenvalue weighted by atomic mass is 10.0. The molecular weight excluding hydrogens is 267 g/mol. The molecule has 1 aromatic carbocycles. The van der Waals surface area contributed by atoms with E-state index >= 15 is 0 Å². The maximum Gasteiger partial charge on any atom is 0.305 e. The molecular formula is C13H15FN2O4. The molecule has 1 unspecified atom stereocenters. The Bertz CT molecular complexity index is 535. The molecule has 20 heavy (non-hydrogen) atoms. The molecule has 0 aromatic heterocycles. The fourth-order valence-corrected chi connectivity index (χ4v) is 2.41. The zero-order chi connectivity index (χ0) is 14.7. The predicted molar refractivity (Wildman–Crippen MR) is 68.8 cm³/mol. The lowest BCUT2D eigenvalue weighted by molar-refractivity contribution is -0.387. The molecule has 108 valence electrons. The van der Waals surface area contributed by atoms with Crippen molar-refractivity contribution in [3.05, 3.63) is 39.7 Å². The van der Waals surface area contributed by atoms with E-state index in [-0.39, 0.29) is 18.2 Å². The molecule has 1 atom stereocenters. The van der Waals surface area contributed by atoms with Gasteiger partial charge in [0.1, 0.15) is 0 Å². The van der Waals surface area contributed by atoms with E-state index in [4.69, 9.17) is 0 Å². The maximum absolute atomic E-state index is 13.3. The Balaban J connectivity index is 2.28. The zero-order valence-corrected chi connectivity index (χ0v) is 10.8. The lowest BCUT2D eigenvalue weighted by Crippen LogP contribution is -2.45. The van der Waals surface area contributed by atoms with Crippen LogP contribution in [0.2, 0.25) is 0 Å². The van der Waals surface area contributed by atoms with Crippen LogP contribution < -0.4 is 0 Å². The smallest absolute Gasteiger partial charge is 0.305 e. The molecule has 1 heterocycles. The summed E-state index contributed by atoms with van der Waals surface area (Å²) in [5.74, 6) is -1.38. The number of hydrogen-bond acceptors (Lipinski definition) is 4. The summed E-state index contributed by atoms with van der Waals surface area (Å²) in [7, 11) is 0. The molecule has 1 aromatic rings. The number of rotatable bonds is 3. The number of amides is 1. The monoisotopic (exact) mass is 282 g/mol. The number of carbonyl (C=O) groups is 1. The van der Waals surface area contributed by atoms with Crippen molar-refractivity contribution in [2.45, 2.75) is 25.3 Å². The van der Waals surface area contributed by atoms with Gasteiger partial charge in [-0.05, 0) is 31.4 Å². The van der Waals surface area contributed by atoms with Crippen LogP contribution in [0.4, 0.5) is 10.1 Å². The van der Waals surface area contributed by atoms with Gasteiger partial charge in [-0.15, -0.1) is 0 Å². The van der Waals surface area contributed by atoms with Gasteiger partial charge < -0.3 is 10.0 Å². The second-order valence-corrected chi connectivity index (χ2v) is 4.75. The number of carbonyl (C=O) groups excluding carboxylic acids is 1. The highest BCUT2D eigenvalue weighted by atomic mass is 19.1. The number of aliphatic hydroxyl groups excluding tert-OH is 1. The first-order valence-corrected chi connectivity index (χ1v) is 6.40. The number of nitrogens with zero attached hydrogens (tertiary/aromatic N) is 2. The average Bonchev–Trinajstić information content (AvgIpc) is 2.46. The molecule has 7 heteroatoms. The topological polar surface area (TPSA) is 83.7 Å². The molecule has 1 N–H and O–H groups in total. The van der Waals surface area contributed by atoms with Crippen LogP contribution in [0.15, 0.2) is 18.2 Å². The second-order valence-electron chi connectivity index (χ2n) is 4.75. The van der Waals surface area contributed by atoms with E-state index in [0.29, 0.717) is 13.0 Å². The molecule has 0 spiro atoms. The van der Waals surface area contributed by atoms with Crippen LogP contribution in [-0.2, 0) is 0 Å². The second kappa shape index (κ2) is 5.96. The minimum absolute atomic E-state index is 0.0680. The van der Waals surface area contributed by atoms with Crippen molar-refractivity contribution >= 4 is 11.6 Å². The van der Waals surface area contributed by atoms with Crippen LogP contribution >= 0.6 is 0 Å². The number of piperidine rings is 1. The Hall–Kier alpha value is -2.02. The van der Waals surface area contributed by atoms with Gasteiger partial charge >= 0.3 is 5.69 Å². The van der Waals surface area contributed by atoms with E-state index in [0.717, 1.165) is 25.0 Å². The van der Waals surface area contributed by atoms with Gasteiger partial charge in [0, 0.05) is 18.2 Å². The number of aliphatic hydroxyl groups is 1.